The van der Waals surface area contributed by atoms with Crippen molar-refractivity contribution in [3.05, 3.63) is 0 Å². The summed E-state index contributed by atoms with van der Waals surface area (Å²) in [5.41, 5.74) is -0.698. The first-order chi connectivity index (χ1) is 10.4. The van der Waals surface area contributed by atoms with Crippen LogP contribution in [-0.4, -0.2) is 54.0 Å². The Hall–Kier alpha value is -1.83. The Balaban J connectivity index is 4.99. The second kappa shape index (κ2) is 8.71. The molecule has 0 saturated carbocycles. The lowest BCUT2D eigenvalue weighted by Gasteiger charge is -2.27. The van der Waals surface area contributed by atoms with E-state index in [1.54, 1.807) is 34.6 Å². The van der Waals surface area contributed by atoms with Crippen LogP contribution >= 0.6 is 0 Å². The van der Waals surface area contributed by atoms with E-state index in [2.05, 4.69) is 15.4 Å². The number of alkyl carbamates (subject to hydrolysis) is 1. The van der Waals surface area contributed by atoms with Crippen molar-refractivity contribution in [1.29, 1.82) is 0 Å². The van der Waals surface area contributed by atoms with Crippen LogP contribution in [0.4, 0.5) is 4.79 Å². The second-order valence-corrected chi connectivity index (χ2v) is 6.62. The van der Waals surface area contributed by atoms with E-state index >= 15 is 0 Å². The summed E-state index contributed by atoms with van der Waals surface area (Å²) < 4.78 is 9.65. The highest BCUT2D eigenvalue weighted by Crippen LogP contribution is 2.09. The molecule has 0 radical (unpaired) electrons. The van der Waals surface area contributed by atoms with Crippen LogP contribution < -0.4 is 10.6 Å². The summed E-state index contributed by atoms with van der Waals surface area (Å²) in [4.78, 5) is 35.7. The third-order valence-electron chi connectivity index (χ3n) is 2.86. The van der Waals surface area contributed by atoms with Crippen molar-refractivity contribution >= 4 is 18.0 Å². The van der Waals surface area contributed by atoms with Gasteiger partial charge in [-0.15, -0.1) is 0 Å². The summed E-state index contributed by atoms with van der Waals surface area (Å²) in [5.74, 6) is -1.63. The number of methoxy groups -OCH3 is 1. The quantitative estimate of drug-likeness (QED) is 0.613. The number of aliphatic hydroxyl groups excluding tert-OH is 1. The predicted octanol–water partition coefficient (Wildman–Crippen LogP) is 0.574. The van der Waals surface area contributed by atoms with E-state index < -0.39 is 41.8 Å². The number of hydrogen-bond donors (Lipinski definition) is 3. The summed E-state index contributed by atoms with van der Waals surface area (Å²) in [6, 6.07) is -2.13. The molecule has 0 bridgehead atoms. The van der Waals surface area contributed by atoms with E-state index in [0.717, 1.165) is 7.11 Å². The van der Waals surface area contributed by atoms with Gasteiger partial charge in [0.25, 0.3) is 0 Å². The van der Waals surface area contributed by atoms with Gasteiger partial charge in [-0.3, -0.25) is 4.79 Å². The van der Waals surface area contributed by atoms with Gasteiger partial charge in [0.15, 0.2) is 6.04 Å². The molecule has 0 aliphatic carbocycles. The Kier molecular flexibility index (Phi) is 8.02. The number of ether oxygens (including phenoxy) is 2. The number of nitrogens with one attached hydrogen (secondary N) is 2. The second-order valence-electron chi connectivity index (χ2n) is 6.62. The maximum absolute atomic E-state index is 12.3. The molecule has 3 N–H and O–H groups in total. The molecule has 0 aliphatic heterocycles. The Morgan fingerprint density at radius 2 is 1.52 bits per heavy atom. The maximum atomic E-state index is 12.3. The normalized spacial score (nSPS) is 15.3. The molecule has 0 aromatic rings. The van der Waals surface area contributed by atoms with Gasteiger partial charge in [-0.2, -0.15) is 0 Å². The monoisotopic (exact) mass is 332 g/mol. The molecule has 0 fully saturated rings. The van der Waals surface area contributed by atoms with E-state index in [1.807, 2.05) is 0 Å². The molecule has 8 nitrogen and oxygen atoms in total. The SMILES string of the molecule is COC(=O)[C@@H](NC(=O)[C@@H](NC(=O)OC(C)(C)C)C(C)C)[C@@H](C)O. The van der Waals surface area contributed by atoms with Crippen molar-refractivity contribution in [3.63, 3.8) is 0 Å². The van der Waals surface area contributed by atoms with Crippen LogP contribution in [0.5, 0.6) is 0 Å². The van der Waals surface area contributed by atoms with Gasteiger partial charge in [0.1, 0.15) is 11.6 Å². The van der Waals surface area contributed by atoms with Gasteiger partial charge >= 0.3 is 12.1 Å². The topological polar surface area (TPSA) is 114 Å². The first-order valence-electron chi connectivity index (χ1n) is 7.44. The number of hydrogen-bond acceptors (Lipinski definition) is 6. The highest BCUT2D eigenvalue weighted by atomic mass is 16.6. The first kappa shape index (κ1) is 21.2. The first-order valence-corrected chi connectivity index (χ1v) is 7.44. The minimum Gasteiger partial charge on any atom is -0.467 e. The Labute approximate surface area is 136 Å². The molecule has 0 unspecified atom stereocenters. The fourth-order valence-electron chi connectivity index (χ4n) is 1.72. The molecule has 0 heterocycles. The molecule has 0 aromatic carbocycles. The summed E-state index contributed by atoms with van der Waals surface area (Å²) in [6.07, 6.45) is -1.88. The van der Waals surface area contributed by atoms with Gasteiger partial charge in [0, 0.05) is 0 Å². The van der Waals surface area contributed by atoms with Crippen LogP contribution in [0, 0.1) is 5.92 Å². The Bertz CT molecular complexity index is 428. The molecular formula is C15H28N2O6. The van der Waals surface area contributed by atoms with E-state index in [9.17, 15) is 19.5 Å². The molecule has 0 aromatic heterocycles. The molecule has 2 amide bonds. The number of amides is 2. The molecule has 0 spiro atoms. The lowest BCUT2D eigenvalue weighted by atomic mass is 10.0. The lowest BCUT2D eigenvalue weighted by Crippen LogP contribution is -2.56. The predicted molar refractivity (Wildman–Crippen MR) is 83.6 cm³/mol. The van der Waals surface area contributed by atoms with Crippen molar-refractivity contribution in [2.75, 3.05) is 7.11 Å². The van der Waals surface area contributed by atoms with Gasteiger partial charge in [0.05, 0.1) is 13.2 Å². The average Bonchev–Trinajstić information content (AvgIpc) is 2.38. The van der Waals surface area contributed by atoms with Crippen LogP contribution in [0.1, 0.15) is 41.5 Å². The average molecular weight is 332 g/mol. The van der Waals surface area contributed by atoms with Crippen molar-refractivity contribution in [2.45, 2.75) is 65.3 Å². The zero-order valence-electron chi connectivity index (χ0n) is 14.8. The Morgan fingerprint density at radius 3 is 1.87 bits per heavy atom. The third kappa shape index (κ3) is 7.83. The largest absolute Gasteiger partial charge is 0.467 e. The summed E-state index contributed by atoms with van der Waals surface area (Å²) in [7, 11) is 1.16. The van der Waals surface area contributed by atoms with Crippen molar-refractivity contribution in [3.8, 4) is 0 Å². The van der Waals surface area contributed by atoms with Crippen LogP contribution in [0.3, 0.4) is 0 Å². The van der Waals surface area contributed by atoms with Crippen molar-refractivity contribution < 1.29 is 29.0 Å². The van der Waals surface area contributed by atoms with Crippen molar-refractivity contribution in [2.24, 2.45) is 5.92 Å². The van der Waals surface area contributed by atoms with E-state index in [-0.39, 0.29) is 5.92 Å². The standard InChI is InChI=1S/C15H28N2O6/c1-8(2)10(17-14(21)23-15(4,5)6)12(19)16-11(9(3)18)13(20)22-7/h8-11,18H,1-7H3,(H,16,19)(H,17,21)/t9-,10+,11+/m1/s1. The third-order valence-corrected chi connectivity index (χ3v) is 2.86. The van der Waals surface area contributed by atoms with Gasteiger partial charge in [0.2, 0.25) is 5.91 Å². The molecule has 0 saturated heterocycles. The molecule has 0 aliphatic rings. The van der Waals surface area contributed by atoms with Gasteiger partial charge < -0.3 is 25.2 Å². The van der Waals surface area contributed by atoms with Gasteiger partial charge in [-0.25, -0.2) is 9.59 Å². The fraction of sp³-hybridized carbons (Fsp3) is 0.800. The fourth-order valence-corrected chi connectivity index (χ4v) is 1.72. The minimum atomic E-state index is -1.21. The van der Waals surface area contributed by atoms with Crippen LogP contribution in [-0.2, 0) is 19.1 Å². The minimum absolute atomic E-state index is 0.255. The summed E-state index contributed by atoms with van der Waals surface area (Å²) in [6.45, 7) is 9.94. The molecule has 134 valence electrons. The number of rotatable bonds is 6. The molecule has 3 atom stereocenters. The van der Waals surface area contributed by atoms with Gasteiger partial charge in [-0.05, 0) is 33.6 Å². The molecule has 23 heavy (non-hydrogen) atoms. The summed E-state index contributed by atoms with van der Waals surface area (Å²) in [5, 5.41) is 14.4. The molecule has 0 rings (SSSR count). The van der Waals surface area contributed by atoms with Crippen LogP contribution in [0.25, 0.3) is 0 Å². The smallest absolute Gasteiger partial charge is 0.408 e. The van der Waals surface area contributed by atoms with Crippen LogP contribution in [0.2, 0.25) is 0 Å². The number of aliphatic hydroxyl groups is 1. The number of carbonyl (C=O) groups excluding carboxylic acids is 3. The summed E-state index contributed by atoms with van der Waals surface area (Å²) >= 11 is 0. The molecular weight excluding hydrogens is 304 g/mol. The van der Waals surface area contributed by atoms with E-state index in [4.69, 9.17) is 4.74 Å². The lowest BCUT2D eigenvalue weighted by molar-refractivity contribution is -0.148. The van der Waals surface area contributed by atoms with E-state index in [1.165, 1.54) is 6.92 Å². The van der Waals surface area contributed by atoms with Crippen molar-refractivity contribution in [1.82, 2.24) is 10.6 Å². The number of carbonyl (C=O) groups is 3. The van der Waals surface area contributed by atoms with Gasteiger partial charge in [-0.1, -0.05) is 13.8 Å². The van der Waals surface area contributed by atoms with E-state index in [0.29, 0.717) is 0 Å². The highest BCUT2D eigenvalue weighted by molar-refractivity contribution is 5.90. The maximum Gasteiger partial charge on any atom is 0.408 e. The zero-order valence-corrected chi connectivity index (χ0v) is 14.8. The molecule has 8 heteroatoms. The van der Waals surface area contributed by atoms with Crippen LogP contribution in [0.15, 0.2) is 0 Å². The zero-order chi connectivity index (χ0) is 18.4. The number of esters is 1. The Morgan fingerprint density at radius 1 is 1.00 bits per heavy atom. The highest BCUT2D eigenvalue weighted by Gasteiger charge is 2.32.